The Morgan fingerprint density at radius 3 is 2.67 bits per heavy atom. The van der Waals surface area contributed by atoms with Gasteiger partial charge >= 0.3 is 0 Å². The summed E-state index contributed by atoms with van der Waals surface area (Å²) in [6.45, 7) is 8.57. The van der Waals surface area contributed by atoms with Crippen molar-refractivity contribution in [1.82, 2.24) is 29.9 Å². The van der Waals surface area contributed by atoms with Crippen LogP contribution >= 0.6 is 0 Å². The smallest absolute Gasteiger partial charge is 0.140 e. The fourth-order valence-corrected chi connectivity index (χ4v) is 2.06. The second-order valence-corrected chi connectivity index (χ2v) is 4.37. The standard InChI is InChI=1S/C12H20N6/c1-5-18-12(14-8-15-18)7-13-6-11-9(2)16-17(4)10(11)3/h8,13H,5-7H2,1-4H3. The zero-order valence-corrected chi connectivity index (χ0v) is 11.4. The third kappa shape index (κ3) is 2.43. The van der Waals surface area contributed by atoms with E-state index in [2.05, 4.69) is 34.3 Å². The Balaban J connectivity index is 1.96. The molecule has 2 aromatic heterocycles. The molecule has 98 valence electrons. The van der Waals surface area contributed by atoms with Crippen LogP contribution in [0.3, 0.4) is 0 Å². The van der Waals surface area contributed by atoms with Crippen LogP contribution in [0.4, 0.5) is 0 Å². The first-order valence-electron chi connectivity index (χ1n) is 6.20. The van der Waals surface area contributed by atoms with Gasteiger partial charge in [-0.25, -0.2) is 9.67 Å². The Labute approximate surface area is 107 Å². The van der Waals surface area contributed by atoms with Gasteiger partial charge in [0, 0.05) is 31.4 Å². The number of aryl methyl sites for hydroxylation is 3. The van der Waals surface area contributed by atoms with Gasteiger partial charge in [0.05, 0.1) is 12.2 Å². The average molecular weight is 248 g/mol. The summed E-state index contributed by atoms with van der Waals surface area (Å²) in [6, 6.07) is 0. The molecule has 0 aliphatic carbocycles. The van der Waals surface area contributed by atoms with E-state index in [0.29, 0.717) is 0 Å². The van der Waals surface area contributed by atoms with Gasteiger partial charge in [-0.1, -0.05) is 0 Å². The number of nitrogens with zero attached hydrogens (tertiary/aromatic N) is 5. The lowest BCUT2D eigenvalue weighted by Gasteiger charge is -2.06. The van der Waals surface area contributed by atoms with Crippen LogP contribution in [0.15, 0.2) is 6.33 Å². The molecule has 0 atom stereocenters. The second kappa shape index (κ2) is 5.30. The predicted octanol–water partition coefficient (Wildman–Crippen LogP) is 0.938. The second-order valence-electron chi connectivity index (χ2n) is 4.37. The molecule has 6 heteroatoms. The lowest BCUT2D eigenvalue weighted by Crippen LogP contribution is -2.17. The number of hydrogen-bond acceptors (Lipinski definition) is 4. The normalized spacial score (nSPS) is 11.1. The van der Waals surface area contributed by atoms with Crippen LogP contribution in [0.1, 0.15) is 29.7 Å². The minimum absolute atomic E-state index is 0.724. The van der Waals surface area contributed by atoms with Gasteiger partial charge in [0.1, 0.15) is 12.2 Å². The molecule has 0 saturated heterocycles. The Morgan fingerprint density at radius 2 is 2.06 bits per heavy atom. The number of aromatic nitrogens is 5. The third-order valence-electron chi connectivity index (χ3n) is 3.24. The topological polar surface area (TPSA) is 60.6 Å². The molecule has 0 unspecified atom stereocenters. The molecule has 0 bridgehead atoms. The molecule has 0 spiro atoms. The number of nitrogens with one attached hydrogen (secondary N) is 1. The quantitative estimate of drug-likeness (QED) is 0.855. The Kier molecular flexibility index (Phi) is 3.76. The maximum Gasteiger partial charge on any atom is 0.140 e. The fraction of sp³-hybridized carbons (Fsp3) is 0.583. The third-order valence-corrected chi connectivity index (χ3v) is 3.24. The largest absolute Gasteiger partial charge is 0.306 e. The molecule has 18 heavy (non-hydrogen) atoms. The summed E-state index contributed by atoms with van der Waals surface area (Å²) in [7, 11) is 1.97. The van der Waals surface area contributed by atoms with Crippen molar-refractivity contribution in [3.05, 3.63) is 29.1 Å². The Bertz CT molecular complexity index is 525. The molecular weight excluding hydrogens is 228 g/mol. The highest BCUT2D eigenvalue weighted by molar-refractivity contribution is 5.23. The highest BCUT2D eigenvalue weighted by Crippen LogP contribution is 2.11. The summed E-state index contributed by atoms with van der Waals surface area (Å²) in [5.74, 6) is 0.969. The van der Waals surface area contributed by atoms with Gasteiger partial charge < -0.3 is 5.32 Å². The molecule has 0 aromatic carbocycles. The summed E-state index contributed by atoms with van der Waals surface area (Å²) in [6.07, 6.45) is 1.60. The van der Waals surface area contributed by atoms with Crippen molar-refractivity contribution in [3.8, 4) is 0 Å². The van der Waals surface area contributed by atoms with E-state index < -0.39 is 0 Å². The van der Waals surface area contributed by atoms with Gasteiger partial charge in [-0.3, -0.25) is 4.68 Å². The molecule has 0 aliphatic rings. The summed E-state index contributed by atoms with van der Waals surface area (Å²) in [4.78, 5) is 4.24. The Morgan fingerprint density at radius 1 is 1.28 bits per heavy atom. The molecule has 2 rings (SSSR count). The molecule has 0 saturated carbocycles. The van der Waals surface area contributed by atoms with Crippen molar-refractivity contribution in [2.75, 3.05) is 0 Å². The summed E-state index contributed by atoms with van der Waals surface area (Å²) in [5.41, 5.74) is 3.55. The molecule has 0 radical (unpaired) electrons. The minimum Gasteiger partial charge on any atom is -0.306 e. The zero-order chi connectivity index (χ0) is 13.1. The van der Waals surface area contributed by atoms with Crippen molar-refractivity contribution >= 4 is 0 Å². The SMILES string of the molecule is CCn1ncnc1CNCc1c(C)nn(C)c1C. The molecule has 0 amide bonds. The molecule has 1 N–H and O–H groups in total. The van der Waals surface area contributed by atoms with E-state index >= 15 is 0 Å². The molecular formula is C12H20N6. The van der Waals surface area contributed by atoms with Crippen LogP contribution in [0.25, 0.3) is 0 Å². The first kappa shape index (κ1) is 12.8. The van der Waals surface area contributed by atoms with Gasteiger partial charge in [-0.2, -0.15) is 10.2 Å². The first-order valence-corrected chi connectivity index (χ1v) is 6.20. The van der Waals surface area contributed by atoms with Crippen LogP contribution in [0.5, 0.6) is 0 Å². The summed E-state index contributed by atoms with van der Waals surface area (Å²) >= 11 is 0. The van der Waals surface area contributed by atoms with E-state index in [1.165, 1.54) is 11.3 Å². The zero-order valence-electron chi connectivity index (χ0n) is 11.4. The van der Waals surface area contributed by atoms with Gasteiger partial charge in [-0.15, -0.1) is 0 Å². The van der Waals surface area contributed by atoms with Crippen LogP contribution in [0.2, 0.25) is 0 Å². The van der Waals surface area contributed by atoms with Gasteiger partial charge in [0.25, 0.3) is 0 Å². The number of hydrogen-bond donors (Lipinski definition) is 1. The molecule has 2 heterocycles. The van der Waals surface area contributed by atoms with Gasteiger partial charge in [0.2, 0.25) is 0 Å². The van der Waals surface area contributed by atoms with Crippen LogP contribution < -0.4 is 5.32 Å². The first-order chi connectivity index (χ1) is 8.63. The lowest BCUT2D eigenvalue weighted by atomic mass is 10.2. The van der Waals surface area contributed by atoms with Gasteiger partial charge in [0.15, 0.2) is 0 Å². The van der Waals surface area contributed by atoms with E-state index in [9.17, 15) is 0 Å². The summed E-state index contributed by atoms with van der Waals surface area (Å²) in [5, 5.41) is 11.9. The molecule has 2 aromatic rings. The van der Waals surface area contributed by atoms with Crippen molar-refractivity contribution in [2.24, 2.45) is 7.05 Å². The maximum atomic E-state index is 4.40. The van der Waals surface area contributed by atoms with Crippen LogP contribution in [-0.4, -0.2) is 24.5 Å². The van der Waals surface area contributed by atoms with Crippen LogP contribution in [0, 0.1) is 13.8 Å². The van der Waals surface area contributed by atoms with E-state index in [4.69, 9.17) is 0 Å². The predicted molar refractivity (Wildman–Crippen MR) is 68.9 cm³/mol. The van der Waals surface area contributed by atoms with Gasteiger partial charge in [-0.05, 0) is 20.8 Å². The fourth-order valence-electron chi connectivity index (χ4n) is 2.06. The van der Waals surface area contributed by atoms with Crippen molar-refractivity contribution in [2.45, 2.75) is 40.4 Å². The average Bonchev–Trinajstić information content (AvgIpc) is 2.89. The van der Waals surface area contributed by atoms with E-state index in [0.717, 1.165) is 31.2 Å². The Hall–Kier alpha value is -1.69. The molecule has 6 nitrogen and oxygen atoms in total. The highest BCUT2D eigenvalue weighted by Gasteiger charge is 2.09. The van der Waals surface area contributed by atoms with Crippen LogP contribution in [-0.2, 0) is 26.7 Å². The van der Waals surface area contributed by atoms with Crippen molar-refractivity contribution in [1.29, 1.82) is 0 Å². The lowest BCUT2D eigenvalue weighted by molar-refractivity contribution is 0.571. The monoisotopic (exact) mass is 248 g/mol. The van der Waals surface area contributed by atoms with Crippen molar-refractivity contribution in [3.63, 3.8) is 0 Å². The highest BCUT2D eigenvalue weighted by atomic mass is 15.3. The van der Waals surface area contributed by atoms with E-state index in [-0.39, 0.29) is 0 Å². The molecule has 0 aliphatic heterocycles. The maximum absolute atomic E-state index is 4.40. The van der Waals surface area contributed by atoms with E-state index in [1.54, 1.807) is 6.33 Å². The van der Waals surface area contributed by atoms with E-state index in [1.807, 2.05) is 23.3 Å². The molecule has 0 fully saturated rings. The minimum atomic E-state index is 0.724. The summed E-state index contributed by atoms with van der Waals surface area (Å²) < 4.78 is 3.82. The van der Waals surface area contributed by atoms with Crippen molar-refractivity contribution < 1.29 is 0 Å². The number of rotatable bonds is 5.